The molecule has 1 atom stereocenters. The van der Waals surface area contributed by atoms with Gasteiger partial charge in [-0.2, -0.15) is 0 Å². The summed E-state index contributed by atoms with van der Waals surface area (Å²) in [5.41, 5.74) is 1.85. The van der Waals surface area contributed by atoms with E-state index in [1.54, 1.807) is 17.0 Å². The van der Waals surface area contributed by atoms with E-state index in [1.165, 1.54) is 0 Å². The summed E-state index contributed by atoms with van der Waals surface area (Å²) in [6.07, 6.45) is 0.509. The van der Waals surface area contributed by atoms with Gasteiger partial charge in [-0.1, -0.05) is 48.9 Å². The highest BCUT2D eigenvalue weighted by atomic mass is 35.5. The van der Waals surface area contributed by atoms with E-state index in [1.807, 2.05) is 57.2 Å². The van der Waals surface area contributed by atoms with Gasteiger partial charge >= 0.3 is 0 Å². The molecule has 2 aromatic rings. The van der Waals surface area contributed by atoms with Crippen molar-refractivity contribution in [3.05, 3.63) is 64.7 Å². The Morgan fingerprint density at radius 3 is 2.39 bits per heavy atom. The van der Waals surface area contributed by atoms with Crippen molar-refractivity contribution < 1.29 is 14.3 Å². The minimum absolute atomic E-state index is 0.131. The average Bonchev–Trinajstić information content (AvgIpc) is 2.68. The van der Waals surface area contributed by atoms with E-state index in [0.717, 1.165) is 11.1 Å². The summed E-state index contributed by atoms with van der Waals surface area (Å²) in [6, 6.07) is 14.2. The van der Waals surface area contributed by atoms with Gasteiger partial charge in [0, 0.05) is 18.1 Å². The maximum absolute atomic E-state index is 13.0. The standard InChI is InChI=1S/C22H27ClN2O3/c1-4-19(22(27)24-5-2)25(14-17-10-12-18(23)13-11-17)21(26)15-28-20-9-7-6-8-16(20)3/h6-13,19H,4-5,14-15H2,1-3H3,(H,24,27)/t19-/m1/s1. The van der Waals surface area contributed by atoms with Gasteiger partial charge < -0.3 is 15.0 Å². The second kappa shape index (κ2) is 10.7. The minimum Gasteiger partial charge on any atom is -0.484 e. The predicted molar refractivity (Wildman–Crippen MR) is 111 cm³/mol. The number of benzene rings is 2. The summed E-state index contributed by atoms with van der Waals surface area (Å²) in [6.45, 7) is 6.37. The molecule has 5 nitrogen and oxygen atoms in total. The van der Waals surface area contributed by atoms with E-state index in [9.17, 15) is 9.59 Å². The van der Waals surface area contributed by atoms with Gasteiger partial charge in [-0.15, -0.1) is 0 Å². The average molecular weight is 403 g/mol. The molecule has 0 fully saturated rings. The zero-order valence-electron chi connectivity index (χ0n) is 16.6. The number of likely N-dealkylation sites (N-methyl/N-ethyl adjacent to an activating group) is 1. The van der Waals surface area contributed by atoms with Gasteiger partial charge in [0.1, 0.15) is 11.8 Å². The lowest BCUT2D eigenvalue weighted by Crippen LogP contribution is -2.50. The summed E-state index contributed by atoms with van der Waals surface area (Å²) < 4.78 is 5.73. The zero-order valence-corrected chi connectivity index (χ0v) is 17.3. The van der Waals surface area contributed by atoms with Gasteiger partial charge in [0.05, 0.1) is 0 Å². The smallest absolute Gasteiger partial charge is 0.261 e. The number of rotatable bonds is 9. The highest BCUT2D eigenvalue weighted by Gasteiger charge is 2.28. The molecule has 6 heteroatoms. The van der Waals surface area contributed by atoms with Crippen molar-refractivity contribution in [1.29, 1.82) is 0 Å². The van der Waals surface area contributed by atoms with Crippen LogP contribution in [0.4, 0.5) is 0 Å². The molecule has 1 N–H and O–H groups in total. The lowest BCUT2D eigenvalue weighted by Gasteiger charge is -2.30. The topological polar surface area (TPSA) is 58.6 Å². The number of ether oxygens (including phenoxy) is 1. The first-order chi connectivity index (χ1) is 13.5. The molecule has 0 aliphatic heterocycles. The van der Waals surface area contributed by atoms with Crippen LogP contribution in [0.2, 0.25) is 5.02 Å². The van der Waals surface area contributed by atoms with E-state index in [0.29, 0.717) is 30.3 Å². The molecule has 2 amide bonds. The molecular formula is C22H27ClN2O3. The number of aryl methyl sites for hydroxylation is 1. The largest absolute Gasteiger partial charge is 0.484 e. The SMILES string of the molecule is CCNC(=O)[C@@H](CC)N(Cc1ccc(Cl)cc1)C(=O)COc1ccccc1C. The number of amides is 2. The van der Waals surface area contributed by atoms with Crippen molar-refractivity contribution in [3.8, 4) is 5.75 Å². The van der Waals surface area contributed by atoms with E-state index in [4.69, 9.17) is 16.3 Å². The molecule has 0 radical (unpaired) electrons. The molecule has 28 heavy (non-hydrogen) atoms. The van der Waals surface area contributed by atoms with Gasteiger partial charge in [0.25, 0.3) is 5.91 Å². The Labute approximate surface area is 171 Å². The van der Waals surface area contributed by atoms with Crippen LogP contribution in [0, 0.1) is 6.92 Å². The van der Waals surface area contributed by atoms with Gasteiger partial charge in [-0.25, -0.2) is 0 Å². The molecule has 0 aromatic heterocycles. The predicted octanol–water partition coefficient (Wildman–Crippen LogP) is 3.97. The third-order valence-corrected chi connectivity index (χ3v) is 4.70. The van der Waals surface area contributed by atoms with Crippen molar-refractivity contribution in [2.24, 2.45) is 0 Å². The highest BCUT2D eigenvalue weighted by Crippen LogP contribution is 2.18. The van der Waals surface area contributed by atoms with E-state index in [2.05, 4.69) is 5.32 Å². The molecule has 0 unspecified atom stereocenters. The van der Waals surface area contributed by atoms with Crippen molar-refractivity contribution in [3.63, 3.8) is 0 Å². The maximum Gasteiger partial charge on any atom is 0.261 e. The first kappa shape index (κ1) is 21.8. The third-order valence-electron chi connectivity index (χ3n) is 4.45. The molecule has 0 aliphatic carbocycles. The molecule has 2 rings (SSSR count). The number of halogens is 1. The molecule has 0 heterocycles. The Kier molecular flexibility index (Phi) is 8.33. The van der Waals surface area contributed by atoms with Crippen molar-refractivity contribution in [2.75, 3.05) is 13.2 Å². The number of carbonyl (C=O) groups is 2. The van der Waals surface area contributed by atoms with Gasteiger partial charge in [0.15, 0.2) is 6.61 Å². The Morgan fingerprint density at radius 2 is 1.79 bits per heavy atom. The number of nitrogens with zero attached hydrogens (tertiary/aromatic N) is 1. The first-order valence-electron chi connectivity index (χ1n) is 9.46. The molecule has 0 saturated heterocycles. The minimum atomic E-state index is -0.566. The Morgan fingerprint density at radius 1 is 1.11 bits per heavy atom. The monoisotopic (exact) mass is 402 g/mol. The van der Waals surface area contributed by atoms with Crippen molar-refractivity contribution >= 4 is 23.4 Å². The van der Waals surface area contributed by atoms with Gasteiger partial charge in [0.2, 0.25) is 5.91 Å². The number of nitrogens with one attached hydrogen (secondary N) is 1. The molecule has 150 valence electrons. The van der Waals surface area contributed by atoms with Crippen LogP contribution in [-0.4, -0.2) is 35.9 Å². The fraction of sp³-hybridized carbons (Fsp3) is 0.364. The molecule has 0 spiro atoms. The van der Waals surface area contributed by atoms with E-state index < -0.39 is 6.04 Å². The van der Waals surface area contributed by atoms with Gasteiger partial charge in [-0.05, 0) is 49.6 Å². The van der Waals surface area contributed by atoms with Crippen LogP contribution in [0.3, 0.4) is 0 Å². The van der Waals surface area contributed by atoms with Crippen LogP contribution in [-0.2, 0) is 16.1 Å². The summed E-state index contributed by atoms with van der Waals surface area (Å²) >= 11 is 5.96. The Balaban J connectivity index is 2.19. The van der Waals surface area contributed by atoms with Gasteiger partial charge in [-0.3, -0.25) is 9.59 Å². The Bertz CT molecular complexity index is 793. The maximum atomic E-state index is 13.0. The number of carbonyl (C=O) groups excluding carboxylic acids is 2. The second-order valence-electron chi connectivity index (χ2n) is 6.52. The fourth-order valence-electron chi connectivity index (χ4n) is 2.94. The molecule has 0 bridgehead atoms. The first-order valence-corrected chi connectivity index (χ1v) is 9.84. The van der Waals surface area contributed by atoms with Crippen molar-refractivity contribution in [2.45, 2.75) is 39.8 Å². The summed E-state index contributed by atoms with van der Waals surface area (Å²) in [5, 5.41) is 3.44. The zero-order chi connectivity index (χ0) is 20.5. The second-order valence-corrected chi connectivity index (χ2v) is 6.96. The quantitative estimate of drug-likeness (QED) is 0.690. The van der Waals surface area contributed by atoms with E-state index >= 15 is 0 Å². The lowest BCUT2D eigenvalue weighted by molar-refractivity contribution is -0.142. The fourth-order valence-corrected chi connectivity index (χ4v) is 3.06. The molecule has 0 saturated carbocycles. The third kappa shape index (κ3) is 5.99. The van der Waals surface area contributed by atoms with Crippen LogP contribution >= 0.6 is 11.6 Å². The van der Waals surface area contributed by atoms with Crippen LogP contribution in [0.1, 0.15) is 31.4 Å². The van der Waals surface area contributed by atoms with Crippen molar-refractivity contribution in [1.82, 2.24) is 10.2 Å². The summed E-state index contributed by atoms with van der Waals surface area (Å²) in [4.78, 5) is 27.1. The van der Waals surface area contributed by atoms with Crippen LogP contribution in [0.25, 0.3) is 0 Å². The number of hydrogen-bond acceptors (Lipinski definition) is 3. The van der Waals surface area contributed by atoms with Crippen LogP contribution < -0.4 is 10.1 Å². The summed E-state index contributed by atoms with van der Waals surface area (Å²) in [7, 11) is 0. The highest BCUT2D eigenvalue weighted by molar-refractivity contribution is 6.30. The molecular weight excluding hydrogens is 376 g/mol. The number of para-hydroxylation sites is 1. The van der Waals surface area contributed by atoms with E-state index in [-0.39, 0.29) is 18.4 Å². The van der Waals surface area contributed by atoms with Crippen LogP contribution in [0.15, 0.2) is 48.5 Å². The number of hydrogen-bond donors (Lipinski definition) is 1. The lowest BCUT2D eigenvalue weighted by atomic mass is 10.1. The molecule has 2 aromatic carbocycles. The summed E-state index contributed by atoms with van der Waals surface area (Å²) in [5.74, 6) is 0.257. The van der Waals surface area contributed by atoms with Crippen LogP contribution in [0.5, 0.6) is 5.75 Å². The molecule has 0 aliphatic rings. The Hall–Kier alpha value is -2.53. The normalized spacial score (nSPS) is 11.6.